The lowest BCUT2D eigenvalue weighted by Crippen LogP contribution is -2.74. The van der Waals surface area contributed by atoms with Crippen LogP contribution in [0.1, 0.15) is 67.2 Å². The molecule has 12 atom stereocenters. The normalized spacial score (nSPS) is 46.5. The minimum Gasteiger partial charge on any atom is -0.472 e. The van der Waals surface area contributed by atoms with Gasteiger partial charge in [-0.15, -0.1) is 0 Å². The van der Waals surface area contributed by atoms with Crippen LogP contribution in [0.15, 0.2) is 12.3 Å². The lowest BCUT2D eigenvalue weighted by molar-refractivity contribution is -0.284. The van der Waals surface area contributed by atoms with Crippen LogP contribution in [0.5, 0.6) is 0 Å². The van der Waals surface area contributed by atoms with Gasteiger partial charge >= 0.3 is 17.9 Å². The Morgan fingerprint density at radius 1 is 1.13 bits per heavy atom. The summed E-state index contributed by atoms with van der Waals surface area (Å²) >= 11 is 0. The number of epoxide rings is 1. The van der Waals surface area contributed by atoms with Crippen molar-refractivity contribution in [3.63, 3.8) is 0 Å². The van der Waals surface area contributed by atoms with Crippen molar-refractivity contribution in [2.45, 2.75) is 104 Å². The summed E-state index contributed by atoms with van der Waals surface area (Å²) in [5.74, 6) is -1.97. The molecule has 0 amide bonds. The van der Waals surface area contributed by atoms with E-state index in [9.17, 15) is 19.5 Å². The smallest absolute Gasteiger partial charge is 0.309 e. The van der Waals surface area contributed by atoms with E-state index >= 15 is 0 Å². The summed E-state index contributed by atoms with van der Waals surface area (Å²) in [5, 5.41) is 11.6. The molecule has 0 radical (unpaired) electrons. The maximum absolute atomic E-state index is 13.0. The van der Waals surface area contributed by atoms with Crippen molar-refractivity contribution < 1.29 is 47.9 Å². The van der Waals surface area contributed by atoms with E-state index < -0.39 is 52.7 Å². The van der Waals surface area contributed by atoms with Gasteiger partial charge in [0.2, 0.25) is 6.29 Å². The van der Waals surface area contributed by atoms with Gasteiger partial charge in [-0.05, 0) is 43.6 Å². The van der Waals surface area contributed by atoms with E-state index in [1.807, 2.05) is 13.0 Å². The van der Waals surface area contributed by atoms with Gasteiger partial charge in [0.15, 0.2) is 6.10 Å². The molecular formula is C29H42O10. The van der Waals surface area contributed by atoms with Gasteiger partial charge < -0.3 is 33.5 Å². The molecule has 10 nitrogen and oxygen atoms in total. The maximum atomic E-state index is 13.0. The van der Waals surface area contributed by atoms with Crippen LogP contribution in [-0.2, 0) is 42.8 Å². The molecule has 1 spiro atoms. The number of fused-ring (bicyclic) bond motifs is 3. The highest BCUT2D eigenvalue weighted by Crippen LogP contribution is 2.70. The van der Waals surface area contributed by atoms with Crippen LogP contribution < -0.4 is 0 Å². The van der Waals surface area contributed by atoms with Gasteiger partial charge in [0, 0.05) is 25.2 Å². The quantitative estimate of drug-likeness (QED) is 0.287. The number of carbonyl (C=O) groups is 3. The van der Waals surface area contributed by atoms with Crippen molar-refractivity contribution in [2.75, 3.05) is 13.2 Å². The molecule has 5 aliphatic rings. The molecule has 2 saturated heterocycles. The zero-order valence-corrected chi connectivity index (χ0v) is 23.7. The number of aliphatic hydroxyl groups excluding tert-OH is 1. The van der Waals surface area contributed by atoms with Gasteiger partial charge in [0.25, 0.3) is 0 Å². The lowest BCUT2D eigenvalue weighted by atomic mass is 9.41. The maximum Gasteiger partial charge on any atom is 0.309 e. The van der Waals surface area contributed by atoms with E-state index in [1.54, 1.807) is 13.2 Å². The van der Waals surface area contributed by atoms with Gasteiger partial charge in [-0.2, -0.15) is 0 Å². The van der Waals surface area contributed by atoms with Crippen LogP contribution in [0.2, 0.25) is 0 Å². The minimum absolute atomic E-state index is 0.00678. The molecule has 2 aliphatic carbocycles. The molecule has 218 valence electrons. The fraction of sp³-hybridized carbons (Fsp3) is 0.828. The van der Waals surface area contributed by atoms with Crippen molar-refractivity contribution in [1.29, 1.82) is 0 Å². The van der Waals surface area contributed by atoms with Crippen molar-refractivity contribution in [1.82, 2.24) is 0 Å². The molecule has 5 rings (SSSR count). The second-order valence-corrected chi connectivity index (χ2v) is 12.5. The Morgan fingerprint density at radius 3 is 2.44 bits per heavy atom. The van der Waals surface area contributed by atoms with E-state index in [1.165, 1.54) is 13.8 Å². The Morgan fingerprint density at radius 2 is 1.85 bits per heavy atom. The third-order valence-corrected chi connectivity index (χ3v) is 10.6. The highest BCUT2D eigenvalue weighted by atomic mass is 16.7. The molecule has 0 aromatic heterocycles. The number of hydrogen-bond acceptors (Lipinski definition) is 10. The number of aliphatic hydroxyl groups is 1. The van der Waals surface area contributed by atoms with E-state index in [-0.39, 0.29) is 55.7 Å². The van der Waals surface area contributed by atoms with Crippen molar-refractivity contribution in [2.24, 2.45) is 34.5 Å². The molecule has 1 unspecified atom stereocenters. The second-order valence-electron chi connectivity index (χ2n) is 12.5. The molecule has 0 aromatic rings. The Bertz CT molecular complexity index is 1020. The van der Waals surface area contributed by atoms with Crippen LogP contribution in [0.25, 0.3) is 0 Å². The van der Waals surface area contributed by atoms with Crippen LogP contribution in [0.4, 0.5) is 0 Å². The standard InChI is InChI=1S/C29H42O10/c1-7-15(2)25(33)39-24-20(32)12-21-27(6,22-11-19-8-9-34-26(19)38-22)16(3)10-23(37-18(5)31)28(21,13-35-17(4)30)29(24)14-36-29/h8-9,15-16,19-24,26,32H,7,10-14H2,1-6H3/t15?,16-,19-,20-,21-,22+,23+,24+,26+,27+,28+,29-/m1/s1. The minimum atomic E-state index is -1.19. The van der Waals surface area contributed by atoms with E-state index in [0.717, 1.165) is 6.42 Å². The third-order valence-electron chi connectivity index (χ3n) is 10.6. The Hall–Kier alpha value is -2.17. The van der Waals surface area contributed by atoms with Crippen LogP contribution in [-0.4, -0.2) is 72.5 Å². The van der Waals surface area contributed by atoms with Crippen molar-refractivity contribution in [3.8, 4) is 0 Å². The summed E-state index contributed by atoms with van der Waals surface area (Å²) in [6.07, 6.45) is 2.38. The van der Waals surface area contributed by atoms with Crippen molar-refractivity contribution >= 4 is 17.9 Å². The molecule has 39 heavy (non-hydrogen) atoms. The Balaban J connectivity index is 1.62. The highest BCUT2D eigenvalue weighted by Gasteiger charge is 2.81. The predicted molar refractivity (Wildman–Crippen MR) is 136 cm³/mol. The summed E-state index contributed by atoms with van der Waals surface area (Å²) in [6.45, 7) is 10.7. The Labute approximate surface area is 229 Å². The predicted octanol–water partition coefficient (Wildman–Crippen LogP) is 2.90. The fourth-order valence-corrected chi connectivity index (χ4v) is 8.01. The average molecular weight is 551 g/mol. The first-order valence-corrected chi connectivity index (χ1v) is 14.2. The zero-order valence-electron chi connectivity index (χ0n) is 23.7. The van der Waals surface area contributed by atoms with E-state index in [0.29, 0.717) is 12.8 Å². The molecule has 3 aliphatic heterocycles. The van der Waals surface area contributed by atoms with E-state index in [4.69, 9.17) is 28.4 Å². The summed E-state index contributed by atoms with van der Waals surface area (Å²) in [5.41, 5.74) is -2.81. The largest absolute Gasteiger partial charge is 0.472 e. The molecule has 10 heteroatoms. The molecule has 1 N–H and O–H groups in total. The fourth-order valence-electron chi connectivity index (χ4n) is 8.01. The zero-order chi connectivity index (χ0) is 28.3. The third kappa shape index (κ3) is 4.28. The van der Waals surface area contributed by atoms with Gasteiger partial charge in [0.05, 0.1) is 36.4 Å². The second kappa shape index (κ2) is 10.0. The summed E-state index contributed by atoms with van der Waals surface area (Å²) < 4.78 is 36.2. The first kappa shape index (κ1) is 28.4. The average Bonchev–Trinajstić information content (AvgIpc) is 3.36. The van der Waals surface area contributed by atoms with Crippen LogP contribution in [0, 0.1) is 34.5 Å². The van der Waals surface area contributed by atoms with Gasteiger partial charge in [-0.25, -0.2) is 0 Å². The van der Waals surface area contributed by atoms with Gasteiger partial charge in [-0.1, -0.05) is 27.7 Å². The van der Waals surface area contributed by atoms with Crippen LogP contribution >= 0.6 is 0 Å². The lowest BCUT2D eigenvalue weighted by Gasteiger charge is -2.65. The molecule has 0 bridgehead atoms. The summed E-state index contributed by atoms with van der Waals surface area (Å²) in [7, 11) is 0. The van der Waals surface area contributed by atoms with Crippen LogP contribution in [0.3, 0.4) is 0 Å². The summed E-state index contributed by atoms with van der Waals surface area (Å²) in [4.78, 5) is 37.7. The van der Waals surface area contributed by atoms with Gasteiger partial charge in [-0.3, -0.25) is 14.4 Å². The molecular weight excluding hydrogens is 508 g/mol. The number of esters is 3. The van der Waals surface area contributed by atoms with Crippen molar-refractivity contribution in [3.05, 3.63) is 12.3 Å². The first-order valence-electron chi connectivity index (χ1n) is 14.2. The molecule has 2 saturated carbocycles. The highest BCUT2D eigenvalue weighted by molar-refractivity contribution is 5.72. The van der Waals surface area contributed by atoms with Gasteiger partial charge in [0.1, 0.15) is 18.3 Å². The molecule has 0 aromatic carbocycles. The molecule has 3 heterocycles. The molecule has 4 fully saturated rings. The summed E-state index contributed by atoms with van der Waals surface area (Å²) in [6, 6.07) is 0. The number of carbonyl (C=O) groups excluding carboxylic acids is 3. The topological polar surface area (TPSA) is 130 Å². The number of ether oxygens (including phenoxy) is 6. The number of rotatable bonds is 7. The first-order chi connectivity index (χ1) is 18.4. The SMILES string of the molecule is CCC(C)C(=O)O[C@H]1[C@H](O)C[C@@H]2[C@@](C)([C@@H]3C[C@H]4C=CO[C@H]4O3)[C@H](C)C[C@H](OC(C)=O)[C@@]2(COC(C)=O)[C@@]12CO2. The Kier molecular flexibility index (Phi) is 7.29. The monoisotopic (exact) mass is 550 g/mol. The number of hydrogen-bond donors (Lipinski definition) is 1. The van der Waals surface area contributed by atoms with E-state index in [2.05, 4.69) is 13.8 Å².